The zero-order valence-corrected chi connectivity index (χ0v) is 9.56. The molecule has 0 aromatic rings. The maximum Gasteiger partial charge on any atom is 0.311 e. The molecule has 0 spiro atoms. The van der Waals surface area contributed by atoms with Crippen LogP contribution in [0.2, 0.25) is 0 Å². The van der Waals surface area contributed by atoms with E-state index in [2.05, 4.69) is 12.6 Å². The molecule has 1 unspecified atom stereocenters. The van der Waals surface area contributed by atoms with Crippen molar-refractivity contribution in [3.05, 3.63) is 0 Å². The Labute approximate surface area is 87.9 Å². The number of rotatable bonds is 6. The molecule has 0 aromatic heterocycles. The molecule has 0 amide bonds. The molecule has 13 heavy (non-hydrogen) atoms. The van der Waals surface area contributed by atoms with Crippen molar-refractivity contribution < 1.29 is 10.9 Å². The van der Waals surface area contributed by atoms with Gasteiger partial charge in [-0.25, -0.2) is 0 Å². The van der Waals surface area contributed by atoms with Crippen molar-refractivity contribution in [2.75, 3.05) is 12.3 Å². The number of carbonyl (C=O) groups is 1. The Hall–Kier alpha value is -0.180. The van der Waals surface area contributed by atoms with Gasteiger partial charge in [-0.1, -0.05) is 13.3 Å². The van der Waals surface area contributed by atoms with Gasteiger partial charge in [-0.15, -0.1) is 0 Å². The summed E-state index contributed by atoms with van der Waals surface area (Å²) in [5.74, 6) is -0.173. The van der Waals surface area contributed by atoms with Crippen LogP contribution in [0.5, 0.6) is 0 Å². The SMILES string of the molecule is [3H]C(S)CCOC(=O)C(C)(C)CCC. The van der Waals surface area contributed by atoms with E-state index in [9.17, 15) is 4.79 Å². The molecular formula is C10H20O2S. The largest absolute Gasteiger partial charge is 0.465 e. The third kappa shape index (κ3) is 5.19. The lowest BCUT2D eigenvalue weighted by molar-refractivity contribution is -0.154. The fourth-order valence-corrected chi connectivity index (χ4v) is 1.23. The lowest BCUT2D eigenvalue weighted by Crippen LogP contribution is -2.26. The molecule has 1 atom stereocenters. The molecule has 78 valence electrons. The second-order valence-electron chi connectivity index (χ2n) is 3.74. The standard InChI is InChI=1S/C10H20O2S/c1-4-6-10(2,3)9(11)12-7-5-8-13/h13H,4-8H2,1-3H3/i8T. The van der Waals surface area contributed by atoms with Crippen molar-refractivity contribution in [1.82, 2.24) is 0 Å². The molecule has 0 aliphatic rings. The molecule has 3 heteroatoms. The molecule has 0 bridgehead atoms. The van der Waals surface area contributed by atoms with Gasteiger partial charge in [0.2, 0.25) is 0 Å². The second kappa shape index (κ2) is 6.30. The Kier molecular flexibility index (Phi) is 5.28. The highest BCUT2D eigenvalue weighted by atomic mass is 32.1. The lowest BCUT2D eigenvalue weighted by Gasteiger charge is -2.21. The van der Waals surface area contributed by atoms with Crippen molar-refractivity contribution in [3.63, 3.8) is 0 Å². The first-order valence-corrected chi connectivity index (χ1v) is 5.19. The third-order valence-corrected chi connectivity index (χ3v) is 2.17. The number of carbonyl (C=O) groups excluding carboxylic acids is 1. The first kappa shape index (κ1) is 10.9. The zero-order chi connectivity index (χ0) is 11.2. The number of thiol groups is 1. The minimum absolute atomic E-state index is 0.173. The number of hydrogen-bond donors (Lipinski definition) is 1. The Morgan fingerprint density at radius 3 is 2.69 bits per heavy atom. The molecular weight excluding hydrogens is 184 g/mol. The molecule has 0 rings (SSSR count). The third-order valence-electron chi connectivity index (χ3n) is 1.91. The van der Waals surface area contributed by atoms with Crippen LogP contribution in [0.15, 0.2) is 0 Å². The van der Waals surface area contributed by atoms with Crippen LogP contribution in [0, 0.1) is 5.41 Å². The van der Waals surface area contributed by atoms with E-state index in [1.165, 1.54) is 0 Å². The van der Waals surface area contributed by atoms with Crippen molar-refractivity contribution in [2.24, 2.45) is 5.41 Å². The van der Waals surface area contributed by atoms with Crippen LogP contribution in [0.1, 0.15) is 41.4 Å². The van der Waals surface area contributed by atoms with E-state index in [0.29, 0.717) is 13.0 Å². The van der Waals surface area contributed by atoms with Gasteiger partial charge in [-0.05, 0) is 32.4 Å². The van der Waals surface area contributed by atoms with E-state index < -0.39 is 11.1 Å². The summed E-state index contributed by atoms with van der Waals surface area (Å²) in [5, 5.41) is 0. The fourth-order valence-electron chi connectivity index (χ4n) is 1.13. The average Bonchev–Trinajstić information content (AvgIpc) is 2.03. The van der Waals surface area contributed by atoms with Crippen LogP contribution in [-0.4, -0.2) is 18.3 Å². The van der Waals surface area contributed by atoms with Gasteiger partial charge < -0.3 is 4.74 Å². The normalized spacial score (nSPS) is 14.9. The fraction of sp³-hybridized carbons (Fsp3) is 0.900. The Morgan fingerprint density at radius 1 is 1.62 bits per heavy atom. The van der Waals surface area contributed by atoms with E-state index in [1.54, 1.807) is 0 Å². The lowest BCUT2D eigenvalue weighted by atomic mass is 9.88. The molecule has 0 fully saturated rings. The van der Waals surface area contributed by atoms with E-state index >= 15 is 0 Å². The average molecular weight is 206 g/mol. The summed E-state index contributed by atoms with van der Waals surface area (Å²) in [4.78, 5) is 11.5. The van der Waals surface area contributed by atoms with Crippen LogP contribution in [0.4, 0.5) is 0 Å². The minimum atomic E-state index is -0.461. The summed E-state index contributed by atoms with van der Waals surface area (Å²) < 4.78 is 12.2. The van der Waals surface area contributed by atoms with Crippen molar-refractivity contribution in [2.45, 2.75) is 40.0 Å². The van der Waals surface area contributed by atoms with Gasteiger partial charge in [-0.2, -0.15) is 12.6 Å². The summed E-state index contributed by atoms with van der Waals surface area (Å²) >= 11 is 3.89. The van der Waals surface area contributed by atoms with Crippen LogP contribution >= 0.6 is 12.6 Å². The molecule has 0 aromatic carbocycles. The van der Waals surface area contributed by atoms with Crippen LogP contribution in [0.25, 0.3) is 0 Å². The van der Waals surface area contributed by atoms with Gasteiger partial charge in [0.25, 0.3) is 0 Å². The Bertz CT molecular complexity index is 181. The van der Waals surface area contributed by atoms with Crippen LogP contribution in [-0.2, 0) is 9.53 Å². The van der Waals surface area contributed by atoms with E-state index in [-0.39, 0.29) is 5.97 Å². The highest BCUT2D eigenvalue weighted by molar-refractivity contribution is 7.80. The number of esters is 1. The number of ether oxygens (including phenoxy) is 1. The highest BCUT2D eigenvalue weighted by Crippen LogP contribution is 2.23. The predicted octanol–water partition coefficient (Wildman–Crippen LogP) is 2.68. The van der Waals surface area contributed by atoms with E-state index in [4.69, 9.17) is 6.11 Å². The summed E-state index contributed by atoms with van der Waals surface area (Å²) in [6.07, 6.45) is 2.28. The first-order valence-electron chi connectivity index (χ1n) is 5.25. The zero-order valence-electron chi connectivity index (χ0n) is 9.67. The molecule has 0 radical (unpaired) electrons. The predicted molar refractivity (Wildman–Crippen MR) is 58.1 cm³/mol. The minimum Gasteiger partial charge on any atom is -0.465 e. The summed E-state index contributed by atoms with van der Waals surface area (Å²) in [6.45, 7) is 6.11. The Balaban J connectivity index is 3.83. The van der Waals surface area contributed by atoms with Gasteiger partial charge in [-0.3, -0.25) is 4.79 Å². The maximum atomic E-state index is 11.5. The van der Waals surface area contributed by atoms with Crippen LogP contribution in [0.3, 0.4) is 0 Å². The van der Waals surface area contributed by atoms with Gasteiger partial charge in [0.1, 0.15) is 0 Å². The van der Waals surface area contributed by atoms with Gasteiger partial charge in [0, 0.05) is 1.37 Å². The topological polar surface area (TPSA) is 26.3 Å². The Morgan fingerprint density at radius 2 is 2.23 bits per heavy atom. The first-order chi connectivity index (χ1) is 6.40. The maximum absolute atomic E-state index is 11.5. The smallest absolute Gasteiger partial charge is 0.311 e. The molecule has 0 N–H and O–H groups in total. The number of hydrogen-bond acceptors (Lipinski definition) is 3. The van der Waals surface area contributed by atoms with Crippen molar-refractivity contribution in [3.8, 4) is 0 Å². The van der Waals surface area contributed by atoms with Crippen molar-refractivity contribution in [1.29, 1.82) is 0 Å². The van der Waals surface area contributed by atoms with E-state index in [0.717, 1.165) is 12.8 Å². The quantitative estimate of drug-likeness (QED) is 0.534. The van der Waals surface area contributed by atoms with E-state index in [1.807, 2.05) is 20.8 Å². The molecule has 0 saturated heterocycles. The molecule has 2 nitrogen and oxygen atoms in total. The molecule has 0 heterocycles. The van der Waals surface area contributed by atoms with Gasteiger partial charge in [0.15, 0.2) is 0 Å². The molecule has 0 aliphatic heterocycles. The second-order valence-corrected chi connectivity index (χ2v) is 4.11. The van der Waals surface area contributed by atoms with Gasteiger partial charge >= 0.3 is 5.97 Å². The summed E-state index contributed by atoms with van der Waals surface area (Å²) in [6, 6.07) is 0. The molecule has 0 aliphatic carbocycles. The van der Waals surface area contributed by atoms with Gasteiger partial charge in [0.05, 0.1) is 12.0 Å². The monoisotopic (exact) mass is 206 g/mol. The highest BCUT2D eigenvalue weighted by Gasteiger charge is 2.27. The van der Waals surface area contributed by atoms with Crippen molar-refractivity contribution >= 4 is 18.6 Å². The molecule has 0 saturated carbocycles. The summed E-state index contributed by atoms with van der Waals surface area (Å²) in [7, 11) is 0. The van der Waals surface area contributed by atoms with Crippen LogP contribution < -0.4 is 0 Å². The summed E-state index contributed by atoms with van der Waals surface area (Å²) in [5.41, 5.74) is -0.861.